The van der Waals surface area contributed by atoms with Crippen molar-refractivity contribution in [1.29, 1.82) is 0 Å². The van der Waals surface area contributed by atoms with Crippen LogP contribution in [0.4, 0.5) is 11.4 Å². The predicted molar refractivity (Wildman–Crippen MR) is 207 cm³/mol. The third kappa shape index (κ3) is 6.62. The molecule has 0 spiro atoms. The number of nitrogens with one attached hydrogen (secondary N) is 2. The number of aromatic amines is 2. The Labute approximate surface area is 302 Å². The molecule has 1 saturated heterocycles. The fraction of sp³-hybridized carbons (Fsp3) is 0.214. The van der Waals surface area contributed by atoms with E-state index in [1.807, 2.05) is 41.4 Å². The summed E-state index contributed by atoms with van der Waals surface area (Å²) in [6.07, 6.45) is 7.62. The highest BCUT2D eigenvalue weighted by Crippen LogP contribution is 2.42. The van der Waals surface area contributed by atoms with Gasteiger partial charge in [0, 0.05) is 96.1 Å². The Kier molecular flexibility index (Phi) is 8.95. The standard InChI is InChI=1S/C42H42N8O2/c43-40(51)16-12-31-26-48(30-9-5-2-6-10-30)19-20-50(31)42-32(13-15-36-33(42)17-18-45-36)35-24-46-37-14-11-29(21-34(35)37)25-49-27-47-38(39(49)23-41(44)52)22-28-7-3-1-4-8-28/h1-11,13-15,17-18,21,24,27,31,45-46H,12,16,19-20,22-23,25-26H2,(H2,43,51)(H2,44,52). The summed E-state index contributed by atoms with van der Waals surface area (Å²) in [6, 6.07) is 33.6. The lowest BCUT2D eigenvalue weighted by Gasteiger charge is -2.44. The van der Waals surface area contributed by atoms with Gasteiger partial charge < -0.3 is 35.8 Å². The Morgan fingerprint density at radius 2 is 1.56 bits per heavy atom. The van der Waals surface area contributed by atoms with Gasteiger partial charge in [0.05, 0.1) is 29.8 Å². The van der Waals surface area contributed by atoms with E-state index in [2.05, 4.69) is 98.8 Å². The van der Waals surface area contributed by atoms with Crippen LogP contribution in [0.25, 0.3) is 32.9 Å². The summed E-state index contributed by atoms with van der Waals surface area (Å²) < 4.78 is 2.05. The minimum absolute atomic E-state index is 0.0662. The molecule has 1 aliphatic rings. The lowest BCUT2D eigenvalue weighted by molar-refractivity contribution is -0.118. The number of hydrogen-bond donors (Lipinski definition) is 4. The Morgan fingerprint density at radius 1 is 0.788 bits per heavy atom. The number of anilines is 2. The normalized spacial score (nSPS) is 14.7. The van der Waals surface area contributed by atoms with E-state index >= 15 is 0 Å². The number of piperazine rings is 1. The Hall–Kier alpha value is -6.29. The summed E-state index contributed by atoms with van der Waals surface area (Å²) in [5, 5.41) is 2.24. The molecule has 0 saturated carbocycles. The number of H-pyrrole nitrogens is 2. The van der Waals surface area contributed by atoms with Gasteiger partial charge in [-0.05, 0) is 53.9 Å². The van der Waals surface area contributed by atoms with Crippen LogP contribution in [-0.2, 0) is 29.0 Å². The highest BCUT2D eigenvalue weighted by molar-refractivity contribution is 6.07. The molecule has 262 valence electrons. The van der Waals surface area contributed by atoms with Crippen LogP contribution in [-0.4, -0.2) is 57.0 Å². The van der Waals surface area contributed by atoms with Gasteiger partial charge in [0.25, 0.3) is 0 Å². The number of nitrogens with two attached hydrogens (primary N) is 2. The van der Waals surface area contributed by atoms with Gasteiger partial charge in [-0.25, -0.2) is 4.98 Å². The zero-order valence-electron chi connectivity index (χ0n) is 29.0. The van der Waals surface area contributed by atoms with E-state index in [1.165, 1.54) is 5.69 Å². The number of carbonyl (C=O) groups is 2. The third-order valence-corrected chi connectivity index (χ3v) is 10.3. The van der Waals surface area contributed by atoms with Gasteiger partial charge in [0.2, 0.25) is 11.8 Å². The van der Waals surface area contributed by atoms with Gasteiger partial charge in [-0.1, -0.05) is 60.7 Å². The smallest absolute Gasteiger partial charge is 0.223 e. The van der Waals surface area contributed by atoms with Crippen molar-refractivity contribution < 1.29 is 9.59 Å². The molecule has 0 aliphatic carbocycles. The van der Waals surface area contributed by atoms with Crippen LogP contribution in [0.5, 0.6) is 0 Å². The molecular formula is C42H42N8O2. The number of para-hydroxylation sites is 1. The number of hydrogen-bond acceptors (Lipinski definition) is 5. The quantitative estimate of drug-likeness (QED) is 0.122. The monoisotopic (exact) mass is 690 g/mol. The molecule has 3 aromatic heterocycles. The maximum Gasteiger partial charge on any atom is 0.223 e. The van der Waals surface area contributed by atoms with Crippen molar-refractivity contribution in [3.05, 3.63) is 138 Å². The summed E-state index contributed by atoms with van der Waals surface area (Å²) in [6.45, 7) is 2.96. The molecule has 1 aliphatic heterocycles. The highest BCUT2D eigenvalue weighted by atomic mass is 16.1. The molecule has 2 amide bonds. The molecule has 8 rings (SSSR count). The van der Waals surface area contributed by atoms with Crippen LogP contribution in [0.15, 0.2) is 116 Å². The number of fused-ring (bicyclic) bond motifs is 2. The third-order valence-electron chi connectivity index (χ3n) is 10.3. The van der Waals surface area contributed by atoms with Crippen LogP contribution in [0.3, 0.4) is 0 Å². The molecule has 0 bridgehead atoms. The number of rotatable bonds is 12. The van der Waals surface area contributed by atoms with E-state index in [0.29, 0.717) is 25.8 Å². The first-order valence-corrected chi connectivity index (χ1v) is 17.8. The summed E-state index contributed by atoms with van der Waals surface area (Å²) >= 11 is 0. The number of nitrogens with zero attached hydrogens (tertiary/aromatic N) is 4. The molecule has 7 aromatic rings. The SMILES string of the molecule is NC(=O)CCC1CN(c2ccccc2)CCN1c1c(-c2c[nH]c3ccc(Cn4cnc(Cc5ccccc5)c4CC(N)=O)cc23)ccc2[nH]ccc12. The van der Waals surface area contributed by atoms with Gasteiger partial charge in [-0.2, -0.15) is 0 Å². The van der Waals surface area contributed by atoms with Crippen molar-refractivity contribution in [2.45, 2.75) is 38.3 Å². The number of aromatic nitrogens is 4. The average molecular weight is 691 g/mol. The number of primary amides is 2. The Morgan fingerprint density at radius 3 is 2.35 bits per heavy atom. The van der Waals surface area contributed by atoms with Gasteiger partial charge in [0.1, 0.15) is 0 Å². The number of imidazole rings is 1. The fourth-order valence-electron chi connectivity index (χ4n) is 7.80. The van der Waals surface area contributed by atoms with E-state index in [4.69, 9.17) is 16.5 Å². The molecule has 1 fully saturated rings. The topological polar surface area (TPSA) is 142 Å². The van der Waals surface area contributed by atoms with E-state index in [-0.39, 0.29) is 24.3 Å². The second-order valence-corrected chi connectivity index (χ2v) is 13.7. The number of amides is 2. The average Bonchev–Trinajstić information content (AvgIpc) is 3.90. The lowest BCUT2D eigenvalue weighted by atomic mass is 9.96. The minimum Gasteiger partial charge on any atom is -0.370 e. The van der Waals surface area contributed by atoms with E-state index in [9.17, 15) is 9.59 Å². The number of benzene rings is 4. The van der Waals surface area contributed by atoms with Crippen LogP contribution >= 0.6 is 0 Å². The van der Waals surface area contributed by atoms with Crippen LogP contribution in [0.2, 0.25) is 0 Å². The zero-order valence-corrected chi connectivity index (χ0v) is 29.0. The second kappa shape index (κ2) is 14.1. The van der Waals surface area contributed by atoms with Gasteiger partial charge >= 0.3 is 0 Å². The first-order valence-electron chi connectivity index (χ1n) is 17.8. The lowest BCUT2D eigenvalue weighted by Crippen LogP contribution is -2.54. The molecule has 1 unspecified atom stereocenters. The maximum atomic E-state index is 12.2. The minimum atomic E-state index is -0.383. The summed E-state index contributed by atoms with van der Waals surface area (Å²) in [5.74, 6) is -0.670. The van der Waals surface area contributed by atoms with Crippen molar-refractivity contribution in [3.63, 3.8) is 0 Å². The maximum absolute atomic E-state index is 12.2. The molecule has 52 heavy (non-hydrogen) atoms. The molecule has 6 N–H and O–H groups in total. The second-order valence-electron chi connectivity index (χ2n) is 13.7. The molecule has 10 nitrogen and oxygen atoms in total. The summed E-state index contributed by atoms with van der Waals surface area (Å²) in [7, 11) is 0. The molecule has 4 aromatic carbocycles. The van der Waals surface area contributed by atoms with Crippen LogP contribution in [0.1, 0.15) is 35.4 Å². The van der Waals surface area contributed by atoms with Gasteiger partial charge in [-0.3, -0.25) is 9.59 Å². The fourth-order valence-corrected chi connectivity index (χ4v) is 7.80. The molecule has 1 atom stereocenters. The Bertz CT molecular complexity index is 2360. The van der Waals surface area contributed by atoms with Crippen molar-refractivity contribution in [2.75, 3.05) is 29.4 Å². The van der Waals surface area contributed by atoms with Crippen LogP contribution in [0, 0.1) is 0 Å². The van der Waals surface area contributed by atoms with Crippen molar-refractivity contribution in [3.8, 4) is 11.1 Å². The Balaban J connectivity index is 1.16. The van der Waals surface area contributed by atoms with E-state index in [0.717, 1.165) is 80.8 Å². The zero-order chi connectivity index (χ0) is 35.6. The van der Waals surface area contributed by atoms with Crippen molar-refractivity contribution in [1.82, 2.24) is 19.5 Å². The largest absolute Gasteiger partial charge is 0.370 e. The van der Waals surface area contributed by atoms with Gasteiger partial charge in [0.15, 0.2) is 0 Å². The van der Waals surface area contributed by atoms with Crippen molar-refractivity contribution in [2.24, 2.45) is 11.5 Å². The van der Waals surface area contributed by atoms with Crippen LogP contribution < -0.4 is 21.3 Å². The van der Waals surface area contributed by atoms with E-state index in [1.54, 1.807) is 0 Å². The van der Waals surface area contributed by atoms with Crippen molar-refractivity contribution >= 4 is 45.0 Å². The summed E-state index contributed by atoms with van der Waals surface area (Å²) in [4.78, 5) is 40.8. The highest BCUT2D eigenvalue weighted by Gasteiger charge is 2.31. The molecule has 4 heterocycles. The first-order chi connectivity index (χ1) is 25.4. The number of carbonyl (C=O) groups excluding carboxylic acids is 2. The van der Waals surface area contributed by atoms with E-state index < -0.39 is 0 Å². The molecular weight excluding hydrogens is 649 g/mol. The molecule has 10 heteroatoms. The first kappa shape index (κ1) is 32.9. The van der Waals surface area contributed by atoms with Gasteiger partial charge in [-0.15, -0.1) is 0 Å². The summed E-state index contributed by atoms with van der Waals surface area (Å²) in [5.41, 5.74) is 22.0. The predicted octanol–water partition coefficient (Wildman–Crippen LogP) is 6.14. The molecule has 0 radical (unpaired) electrons.